The van der Waals surface area contributed by atoms with Crippen LogP contribution in [0.25, 0.3) is 5.57 Å². The quantitative estimate of drug-likeness (QED) is 0.860. The molecule has 0 aliphatic heterocycles. The minimum atomic E-state index is -0.221. The van der Waals surface area contributed by atoms with Crippen LogP contribution in [0.1, 0.15) is 26.3 Å². The number of nitrogens with one attached hydrogen (secondary N) is 2. The summed E-state index contributed by atoms with van der Waals surface area (Å²) >= 11 is 6.39. The lowest BCUT2D eigenvalue weighted by molar-refractivity contribution is -0.124. The second kappa shape index (κ2) is 8.15. The summed E-state index contributed by atoms with van der Waals surface area (Å²) < 4.78 is 0. The molecular weight excluding hydrogens is 324 g/mol. The minimum absolute atomic E-state index is 0.0142. The van der Waals surface area contributed by atoms with Crippen molar-refractivity contribution in [3.8, 4) is 0 Å². The molecule has 5 heteroatoms. The van der Waals surface area contributed by atoms with Crippen molar-refractivity contribution in [3.05, 3.63) is 52.6 Å². The normalized spacial score (nSPS) is 20.0. The van der Waals surface area contributed by atoms with E-state index in [0.29, 0.717) is 23.4 Å². The van der Waals surface area contributed by atoms with E-state index in [1.807, 2.05) is 24.3 Å². The van der Waals surface area contributed by atoms with Crippen LogP contribution in [0.4, 0.5) is 0 Å². The highest BCUT2D eigenvalue weighted by atomic mass is 35.5. The predicted octanol–water partition coefficient (Wildman–Crippen LogP) is 3.19. The summed E-state index contributed by atoms with van der Waals surface area (Å²) in [6.45, 7) is 6.13. The first kappa shape index (κ1) is 18.3. The van der Waals surface area contributed by atoms with Gasteiger partial charge in [0.1, 0.15) is 0 Å². The molecule has 1 aromatic rings. The Kier molecular flexibility index (Phi) is 6.21. The molecule has 1 aromatic carbocycles. The van der Waals surface area contributed by atoms with Crippen LogP contribution in [0.5, 0.6) is 0 Å². The van der Waals surface area contributed by atoms with Crippen LogP contribution >= 0.6 is 11.6 Å². The molecule has 0 aromatic heterocycles. The van der Waals surface area contributed by atoms with Gasteiger partial charge >= 0.3 is 0 Å². The van der Waals surface area contributed by atoms with Gasteiger partial charge in [-0.3, -0.25) is 9.59 Å². The molecule has 2 unspecified atom stereocenters. The first-order chi connectivity index (χ1) is 11.4. The number of carbonyl (C=O) groups is 2. The monoisotopic (exact) mass is 346 g/mol. The maximum absolute atomic E-state index is 11.8. The molecule has 0 spiro atoms. The Hall–Kier alpha value is -2.07. The number of benzene rings is 1. The fourth-order valence-corrected chi connectivity index (χ4v) is 3.03. The molecule has 2 amide bonds. The van der Waals surface area contributed by atoms with Crippen molar-refractivity contribution in [2.24, 2.45) is 11.8 Å². The molecule has 2 rings (SSSR count). The zero-order valence-electron chi connectivity index (χ0n) is 14.2. The molecule has 2 atom stereocenters. The lowest BCUT2D eigenvalue weighted by Crippen LogP contribution is -2.37. The van der Waals surface area contributed by atoms with Gasteiger partial charge in [-0.25, -0.2) is 0 Å². The van der Waals surface area contributed by atoms with Crippen molar-refractivity contribution in [1.82, 2.24) is 10.6 Å². The molecule has 4 nitrogen and oxygen atoms in total. The highest BCUT2D eigenvalue weighted by molar-refractivity contribution is 6.32. The van der Waals surface area contributed by atoms with Crippen LogP contribution in [0.3, 0.4) is 0 Å². The van der Waals surface area contributed by atoms with Crippen molar-refractivity contribution in [2.75, 3.05) is 13.1 Å². The van der Waals surface area contributed by atoms with E-state index in [2.05, 4.69) is 36.6 Å². The van der Waals surface area contributed by atoms with Gasteiger partial charge in [-0.05, 0) is 34.6 Å². The summed E-state index contributed by atoms with van der Waals surface area (Å²) in [5, 5.41) is 6.06. The summed E-state index contributed by atoms with van der Waals surface area (Å²) in [4.78, 5) is 22.7. The fourth-order valence-electron chi connectivity index (χ4n) is 2.79. The van der Waals surface area contributed by atoms with Gasteiger partial charge in [-0.1, -0.05) is 55.8 Å². The topological polar surface area (TPSA) is 58.2 Å². The summed E-state index contributed by atoms with van der Waals surface area (Å²) in [7, 11) is 0. The van der Waals surface area contributed by atoms with E-state index >= 15 is 0 Å². The Labute approximate surface area is 148 Å². The van der Waals surface area contributed by atoms with Crippen molar-refractivity contribution >= 4 is 29.0 Å². The minimum Gasteiger partial charge on any atom is -0.350 e. The van der Waals surface area contributed by atoms with Crippen LogP contribution in [0.2, 0.25) is 5.02 Å². The Bertz CT molecular complexity index is 694. The van der Waals surface area contributed by atoms with Gasteiger partial charge in [0.2, 0.25) is 11.8 Å². The molecule has 0 fully saturated rings. The largest absolute Gasteiger partial charge is 0.350 e. The van der Waals surface area contributed by atoms with Crippen LogP contribution in [0.15, 0.2) is 42.0 Å². The summed E-state index contributed by atoms with van der Waals surface area (Å²) in [6, 6.07) is 7.77. The number of allylic oxidation sites excluding steroid dienone is 2. The Morgan fingerprint density at radius 3 is 2.54 bits per heavy atom. The number of rotatable bonds is 5. The third-order valence-electron chi connectivity index (χ3n) is 4.33. The Morgan fingerprint density at radius 2 is 1.88 bits per heavy atom. The van der Waals surface area contributed by atoms with Crippen LogP contribution in [-0.2, 0) is 9.59 Å². The zero-order valence-corrected chi connectivity index (χ0v) is 15.0. The number of carbonyl (C=O) groups excluding carboxylic acids is 2. The smallest absolute Gasteiger partial charge is 0.239 e. The van der Waals surface area contributed by atoms with Gasteiger partial charge in [-0.2, -0.15) is 0 Å². The predicted molar refractivity (Wildman–Crippen MR) is 97.5 cm³/mol. The third-order valence-corrected chi connectivity index (χ3v) is 4.66. The molecule has 2 N–H and O–H groups in total. The van der Waals surface area contributed by atoms with Gasteiger partial charge in [0.25, 0.3) is 0 Å². The molecule has 1 aliphatic rings. The highest BCUT2D eigenvalue weighted by Crippen LogP contribution is 2.39. The summed E-state index contributed by atoms with van der Waals surface area (Å²) in [5.41, 5.74) is 3.22. The van der Waals surface area contributed by atoms with E-state index in [0.717, 1.165) is 16.7 Å². The van der Waals surface area contributed by atoms with Crippen LogP contribution in [-0.4, -0.2) is 24.9 Å². The standard InChI is InChI=1S/C19H23ClN2O2/c1-12-8-9-15(10-22-18(24)11-21-14(3)23)19(13(12)2)16-6-4-5-7-17(16)20/h4-9,12-13H,10-11H2,1-3H3,(H,21,23)(H,22,24). The van der Waals surface area contributed by atoms with E-state index < -0.39 is 0 Å². The van der Waals surface area contributed by atoms with Crippen molar-refractivity contribution < 1.29 is 9.59 Å². The SMILES string of the molecule is CC(=O)NCC(=O)NCC1=C(c2ccccc2Cl)C(C)C(C)C=C1. The van der Waals surface area contributed by atoms with Gasteiger partial charge in [0.15, 0.2) is 0 Å². The maximum atomic E-state index is 11.8. The average Bonchev–Trinajstić information content (AvgIpc) is 2.55. The first-order valence-corrected chi connectivity index (χ1v) is 8.45. The molecule has 0 saturated heterocycles. The van der Waals surface area contributed by atoms with Crippen molar-refractivity contribution in [1.29, 1.82) is 0 Å². The lowest BCUT2D eigenvalue weighted by Gasteiger charge is -2.28. The van der Waals surface area contributed by atoms with Gasteiger partial charge in [0, 0.05) is 18.5 Å². The van der Waals surface area contributed by atoms with E-state index in [-0.39, 0.29) is 18.4 Å². The average molecular weight is 347 g/mol. The van der Waals surface area contributed by atoms with Crippen molar-refractivity contribution in [2.45, 2.75) is 20.8 Å². The third kappa shape index (κ3) is 4.48. The Balaban J connectivity index is 2.22. The first-order valence-electron chi connectivity index (χ1n) is 8.07. The highest BCUT2D eigenvalue weighted by Gasteiger charge is 2.24. The van der Waals surface area contributed by atoms with Crippen molar-refractivity contribution in [3.63, 3.8) is 0 Å². The number of hydrogen-bond donors (Lipinski definition) is 2. The lowest BCUT2D eigenvalue weighted by atomic mass is 9.78. The van der Waals surface area contributed by atoms with Gasteiger partial charge < -0.3 is 10.6 Å². The van der Waals surface area contributed by atoms with Gasteiger partial charge in [-0.15, -0.1) is 0 Å². The number of hydrogen-bond acceptors (Lipinski definition) is 2. The number of amides is 2. The Morgan fingerprint density at radius 1 is 1.17 bits per heavy atom. The second-order valence-corrected chi connectivity index (χ2v) is 6.52. The fraction of sp³-hybridized carbons (Fsp3) is 0.368. The molecule has 0 radical (unpaired) electrons. The molecule has 128 valence electrons. The summed E-state index contributed by atoms with van der Waals surface area (Å²) in [6.07, 6.45) is 4.21. The molecule has 24 heavy (non-hydrogen) atoms. The van der Waals surface area contributed by atoms with E-state index in [1.54, 1.807) is 0 Å². The number of halogens is 1. The molecule has 0 bridgehead atoms. The molecule has 1 aliphatic carbocycles. The maximum Gasteiger partial charge on any atom is 0.239 e. The van der Waals surface area contributed by atoms with Crippen LogP contribution < -0.4 is 10.6 Å². The summed E-state index contributed by atoms with van der Waals surface area (Å²) in [5.74, 6) is 0.268. The molecular formula is C19H23ClN2O2. The van der Waals surface area contributed by atoms with E-state index in [9.17, 15) is 9.59 Å². The van der Waals surface area contributed by atoms with Gasteiger partial charge in [0.05, 0.1) is 6.54 Å². The van der Waals surface area contributed by atoms with Crippen LogP contribution in [0, 0.1) is 11.8 Å². The molecule has 0 saturated carbocycles. The zero-order chi connectivity index (χ0) is 17.7. The van der Waals surface area contributed by atoms with E-state index in [4.69, 9.17) is 11.6 Å². The van der Waals surface area contributed by atoms with E-state index in [1.165, 1.54) is 6.92 Å². The second-order valence-electron chi connectivity index (χ2n) is 6.11. The molecule has 0 heterocycles.